The fourth-order valence-electron chi connectivity index (χ4n) is 2.91. The van der Waals surface area contributed by atoms with Gasteiger partial charge in [0.05, 0.1) is 4.88 Å². The van der Waals surface area contributed by atoms with Crippen molar-refractivity contribution in [3.63, 3.8) is 0 Å². The van der Waals surface area contributed by atoms with E-state index in [1.165, 1.54) is 21.8 Å². The first-order valence-electron chi connectivity index (χ1n) is 8.26. The van der Waals surface area contributed by atoms with Crippen molar-refractivity contribution in [3.05, 3.63) is 44.3 Å². The number of hydrogen-bond acceptors (Lipinski definition) is 5. The SMILES string of the molecule is CC(CNC(=O)CCC(=O)c1cccs1)N1CCc2sccc2C1. The van der Waals surface area contributed by atoms with E-state index in [4.69, 9.17) is 0 Å². The molecule has 2 aromatic rings. The Kier molecular flexibility index (Phi) is 5.81. The average molecular weight is 363 g/mol. The Bertz CT molecular complexity index is 694. The summed E-state index contributed by atoms with van der Waals surface area (Å²) in [5.41, 5.74) is 1.42. The van der Waals surface area contributed by atoms with E-state index in [2.05, 4.69) is 28.6 Å². The lowest BCUT2D eigenvalue weighted by molar-refractivity contribution is -0.121. The smallest absolute Gasteiger partial charge is 0.220 e. The van der Waals surface area contributed by atoms with Crippen LogP contribution in [0.4, 0.5) is 0 Å². The molecule has 0 aromatic carbocycles. The molecule has 3 rings (SSSR count). The summed E-state index contributed by atoms with van der Waals surface area (Å²) in [6, 6.07) is 6.17. The Labute approximate surface area is 150 Å². The van der Waals surface area contributed by atoms with E-state index in [0.29, 0.717) is 12.6 Å². The maximum Gasteiger partial charge on any atom is 0.220 e. The van der Waals surface area contributed by atoms with E-state index in [1.54, 1.807) is 0 Å². The van der Waals surface area contributed by atoms with Gasteiger partial charge in [0.2, 0.25) is 5.91 Å². The van der Waals surface area contributed by atoms with Crippen LogP contribution in [0, 0.1) is 0 Å². The van der Waals surface area contributed by atoms with E-state index in [9.17, 15) is 9.59 Å². The number of amides is 1. The molecule has 0 radical (unpaired) electrons. The summed E-state index contributed by atoms with van der Waals surface area (Å²) in [5.74, 6) is 0.00852. The number of ketones is 1. The Balaban J connectivity index is 1.39. The van der Waals surface area contributed by atoms with Gasteiger partial charge in [-0.25, -0.2) is 0 Å². The van der Waals surface area contributed by atoms with E-state index in [0.717, 1.165) is 24.4 Å². The molecule has 1 aliphatic heterocycles. The molecule has 1 aliphatic rings. The molecule has 1 atom stereocenters. The summed E-state index contributed by atoms with van der Waals surface area (Å²) in [6.45, 7) is 4.79. The highest BCUT2D eigenvalue weighted by Gasteiger charge is 2.21. The van der Waals surface area contributed by atoms with Crippen LogP contribution in [-0.2, 0) is 17.8 Å². The van der Waals surface area contributed by atoms with E-state index in [1.807, 2.05) is 28.8 Å². The summed E-state index contributed by atoms with van der Waals surface area (Å²) in [7, 11) is 0. The predicted octanol–water partition coefficient (Wildman–Crippen LogP) is 3.34. The molecule has 4 nitrogen and oxygen atoms in total. The van der Waals surface area contributed by atoms with Crippen LogP contribution >= 0.6 is 22.7 Å². The average Bonchev–Trinajstić information content (AvgIpc) is 3.27. The van der Waals surface area contributed by atoms with Crippen LogP contribution in [0.25, 0.3) is 0 Å². The normalized spacial score (nSPS) is 15.7. The van der Waals surface area contributed by atoms with Crippen molar-refractivity contribution in [1.29, 1.82) is 0 Å². The lowest BCUT2D eigenvalue weighted by Gasteiger charge is -2.32. The lowest BCUT2D eigenvalue weighted by Crippen LogP contribution is -2.44. The van der Waals surface area contributed by atoms with Crippen molar-refractivity contribution in [1.82, 2.24) is 10.2 Å². The largest absolute Gasteiger partial charge is 0.355 e. The van der Waals surface area contributed by atoms with E-state index < -0.39 is 0 Å². The number of nitrogens with zero attached hydrogens (tertiary/aromatic N) is 1. The molecular weight excluding hydrogens is 340 g/mol. The first-order chi connectivity index (χ1) is 11.6. The third-order valence-electron chi connectivity index (χ3n) is 4.43. The van der Waals surface area contributed by atoms with Crippen molar-refractivity contribution >= 4 is 34.4 Å². The van der Waals surface area contributed by atoms with E-state index in [-0.39, 0.29) is 24.5 Å². The van der Waals surface area contributed by atoms with Crippen LogP contribution in [-0.4, -0.2) is 35.7 Å². The van der Waals surface area contributed by atoms with Crippen LogP contribution in [0.15, 0.2) is 29.0 Å². The summed E-state index contributed by atoms with van der Waals surface area (Å²) in [6.07, 6.45) is 1.64. The van der Waals surface area contributed by atoms with Crippen molar-refractivity contribution in [2.45, 2.75) is 38.8 Å². The summed E-state index contributed by atoms with van der Waals surface area (Å²) >= 11 is 3.27. The second kappa shape index (κ2) is 8.05. The van der Waals surface area contributed by atoms with Gasteiger partial charge in [0, 0.05) is 43.4 Å². The third-order valence-corrected chi connectivity index (χ3v) is 6.36. The third kappa shape index (κ3) is 4.32. The maximum absolute atomic E-state index is 12.0. The van der Waals surface area contributed by atoms with Crippen LogP contribution in [0.2, 0.25) is 0 Å². The van der Waals surface area contributed by atoms with Gasteiger partial charge in [-0.1, -0.05) is 6.07 Å². The molecule has 0 saturated carbocycles. The lowest BCUT2D eigenvalue weighted by atomic mass is 10.1. The van der Waals surface area contributed by atoms with Crippen LogP contribution in [0.5, 0.6) is 0 Å². The Morgan fingerprint density at radius 1 is 1.25 bits per heavy atom. The van der Waals surface area contributed by atoms with Crippen LogP contribution < -0.4 is 5.32 Å². The molecule has 2 aromatic heterocycles. The zero-order valence-electron chi connectivity index (χ0n) is 13.8. The Morgan fingerprint density at radius 3 is 2.92 bits per heavy atom. The summed E-state index contributed by atoms with van der Waals surface area (Å²) in [5, 5.41) is 7.01. The highest BCUT2D eigenvalue weighted by molar-refractivity contribution is 7.12. The van der Waals surface area contributed by atoms with Crippen LogP contribution in [0.1, 0.15) is 39.9 Å². The van der Waals surface area contributed by atoms with Crippen LogP contribution in [0.3, 0.4) is 0 Å². The first kappa shape index (κ1) is 17.3. The van der Waals surface area contributed by atoms with Gasteiger partial charge in [0.25, 0.3) is 0 Å². The molecule has 128 valence electrons. The minimum absolute atomic E-state index is 0.0417. The van der Waals surface area contributed by atoms with Gasteiger partial charge < -0.3 is 5.32 Å². The molecule has 6 heteroatoms. The minimum Gasteiger partial charge on any atom is -0.355 e. The van der Waals surface area contributed by atoms with Gasteiger partial charge in [0.15, 0.2) is 5.78 Å². The number of rotatable bonds is 7. The van der Waals surface area contributed by atoms with Crippen molar-refractivity contribution in [2.24, 2.45) is 0 Å². The topological polar surface area (TPSA) is 49.4 Å². The standard InChI is InChI=1S/C18H22N2O2S2/c1-13(20-8-6-16-14(12-20)7-10-24-16)11-19-18(22)5-4-15(21)17-3-2-9-23-17/h2-3,7,9-10,13H,4-6,8,11-12H2,1H3,(H,19,22). The zero-order valence-corrected chi connectivity index (χ0v) is 15.4. The number of hydrogen-bond donors (Lipinski definition) is 1. The molecule has 1 unspecified atom stereocenters. The molecule has 1 amide bonds. The monoisotopic (exact) mass is 362 g/mol. The first-order valence-corrected chi connectivity index (χ1v) is 10.0. The fraction of sp³-hybridized carbons (Fsp3) is 0.444. The molecule has 1 N–H and O–H groups in total. The van der Waals surface area contributed by atoms with Crippen molar-refractivity contribution < 1.29 is 9.59 Å². The molecule has 0 spiro atoms. The Morgan fingerprint density at radius 2 is 2.12 bits per heavy atom. The zero-order chi connectivity index (χ0) is 16.9. The highest BCUT2D eigenvalue weighted by atomic mass is 32.1. The molecule has 3 heterocycles. The summed E-state index contributed by atoms with van der Waals surface area (Å²) < 4.78 is 0. The number of fused-ring (bicyclic) bond motifs is 1. The second-order valence-electron chi connectivity index (χ2n) is 6.14. The Hall–Kier alpha value is -1.50. The minimum atomic E-state index is -0.0417. The fourth-order valence-corrected chi connectivity index (χ4v) is 4.50. The molecule has 0 aliphatic carbocycles. The van der Waals surface area contributed by atoms with Gasteiger partial charge in [-0.05, 0) is 41.8 Å². The van der Waals surface area contributed by atoms with Gasteiger partial charge in [-0.2, -0.15) is 0 Å². The van der Waals surface area contributed by atoms with Gasteiger partial charge in [-0.3, -0.25) is 14.5 Å². The molecular formula is C18H22N2O2S2. The van der Waals surface area contributed by atoms with Crippen molar-refractivity contribution in [2.75, 3.05) is 13.1 Å². The molecule has 24 heavy (non-hydrogen) atoms. The second-order valence-corrected chi connectivity index (χ2v) is 8.09. The quantitative estimate of drug-likeness (QED) is 0.769. The van der Waals surface area contributed by atoms with Crippen molar-refractivity contribution in [3.8, 4) is 0 Å². The number of Topliss-reactive ketones (excluding diaryl/α,β-unsaturated/α-hetero) is 1. The predicted molar refractivity (Wildman–Crippen MR) is 98.8 cm³/mol. The number of nitrogens with one attached hydrogen (secondary N) is 1. The van der Waals surface area contributed by atoms with Gasteiger partial charge in [-0.15, -0.1) is 22.7 Å². The molecule has 0 bridgehead atoms. The molecule has 0 saturated heterocycles. The van der Waals surface area contributed by atoms with Gasteiger partial charge in [0.1, 0.15) is 0 Å². The van der Waals surface area contributed by atoms with E-state index >= 15 is 0 Å². The molecule has 0 fully saturated rings. The number of thiophene rings is 2. The number of carbonyl (C=O) groups excluding carboxylic acids is 2. The highest BCUT2D eigenvalue weighted by Crippen LogP contribution is 2.24. The summed E-state index contributed by atoms with van der Waals surface area (Å²) in [4.78, 5) is 28.5. The number of carbonyl (C=O) groups is 2. The van der Waals surface area contributed by atoms with Gasteiger partial charge >= 0.3 is 0 Å². The maximum atomic E-state index is 12.0.